The first-order valence-electron chi connectivity index (χ1n) is 11.2. The first-order valence-corrected chi connectivity index (χ1v) is 12.0. The molecule has 3 aromatic rings. The first-order chi connectivity index (χ1) is 16.5. The zero-order chi connectivity index (χ0) is 24.1. The van der Waals surface area contributed by atoms with Gasteiger partial charge in [0.25, 0.3) is 5.91 Å². The van der Waals surface area contributed by atoms with Crippen molar-refractivity contribution in [3.05, 3.63) is 87.6 Å². The number of aromatic nitrogens is 1. The average Bonchev–Trinajstić information content (AvgIpc) is 3.47. The van der Waals surface area contributed by atoms with E-state index >= 15 is 0 Å². The Morgan fingerprint density at radius 2 is 1.91 bits per heavy atom. The molecule has 1 atom stereocenters. The van der Waals surface area contributed by atoms with Crippen molar-refractivity contribution in [3.63, 3.8) is 0 Å². The minimum Gasteiger partial charge on any atom is -0.503 e. The van der Waals surface area contributed by atoms with E-state index in [1.165, 1.54) is 16.2 Å². The molecule has 3 heterocycles. The Hall–Kier alpha value is -3.65. The minimum absolute atomic E-state index is 0.0613. The van der Waals surface area contributed by atoms with E-state index in [2.05, 4.69) is 4.98 Å². The number of thiophene rings is 1. The van der Waals surface area contributed by atoms with Crippen molar-refractivity contribution < 1.29 is 24.2 Å². The van der Waals surface area contributed by atoms with Gasteiger partial charge in [0, 0.05) is 18.9 Å². The van der Waals surface area contributed by atoms with Crippen molar-refractivity contribution in [2.24, 2.45) is 0 Å². The molecule has 176 valence electrons. The molecule has 1 N–H and O–H groups in total. The summed E-state index contributed by atoms with van der Waals surface area (Å²) in [5, 5.41) is 12.6. The van der Waals surface area contributed by atoms with Gasteiger partial charge in [0.1, 0.15) is 0 Å². The number of amides is 1. The molecule has 0 aliphatic carbocycles. The number of ether oxygens (including phenoxy) is 2. The van der Waals surface area contributed by atoms with E-state index in [0.717, 1.165) is 12.0 Å². The molecule has 0 fully saturated rings. The number of hydrogen-bond acceptors (Lipinski definition) is 7. The van der Waals surface area contributed by atoms with E-state index in [1.54, 1.807) is 54.2 Å². The molecule has 1 aromatic carbocycles. The van der Waals surface area contributed by atoms with Crippen LogP contribution >= 0.6 is 11.3 Å². The zero-order valence-electron chi connectivity index (χ0n) is 19.1. The maximum absolute atomic E-state index is 13.4. The number of rotatable bonds is 10. The third-order valence-corrected chi connectivity index (χ3v) is 6.31. The van der Waals surface area contributed by atoms with Gasteiger partial charge in [0.15, 0.2) is 17.3 Å². The van der Waals surface area contributed by atoms with E-state index < -0.39 is 17.7 Å². The predicted molar refractivity (Wildman–Crippen MR) is 129 cm³/mol. The lowest BCUT2D eigenvalue weighted by Gasteiger charge is -2.27. The van der Waals surface area contributed by atoms with E-state index in [9.17, 15) is 14.7 Å². The lowest BCUT2D eigenvalue weighted by Crippen LogP contribution is -2.30. The van der Waals surface area contributed by atoms with Crippen LogP contribution in [0.3, 0.4) is 0 Å². The molecule has 1 unspecified atom stereocenters. The van der Waals surface area contributed by atoms with Crippen LogP contribution in [0.5, 0.6) is 11.5 Å². The Bertz CT molecular complexity index is 1190. The molecular weight excluding hydrogens is 452 g/mol. The van der Waals surface area contributed by atoms with Gasteiger partial charge in [0.2, 0.25) is 5.78 Å². The number of ketones is 1. The van der Waals surface area contributed by atoms with Crippen LogP contribution in [0.1, 0.15) is 47.1 Å². The van der Waals surface area contributed by atoms with Gasteiger partial charge in [-0.2, -0.15) is 0 Å². The highest BCUT2D eigenvalue weighted by molar-refractivity contribution is 7.12. The van der Waals surface area contributed by atoms with Crippen LogP contribution in [0.25, 0.3) is 0 Å². The van der Waals surface area contributed by atoms with Gasteiger partial charge >= 0.3 is 0 Å². The summed E-state index contributed by atoms with van der Waals surface area (Å²) in [6.45, 7) is 5.07. The molecular formula is C26H26N2O5S. The fraction of sp³-hybridized carbons (Fsp3) is 0.269. The first kappa shape index (κ1) is 23.5. The van der Waals surface area contributed by atoms with E-state index in [4.69, 9.17) is 9.47 Å². The topological polar surface area (TPSA) is 89.0 Å². The fourth-order valence-electron chi connectivity index (χ4n) is 3.91. The summed E-state index contributed by atoms with van der Waals surface area (Å²) >= 11 is 1.27. The number of hydrogen-bond donors (Lipinski definition) is 1. The van der Waals surface area contributed by atoms with Crippen molar-refractivity contribution in [2.75, 3.05) is 13.2 Å². The third kappa shape index (κ3) is 4.68. The molecule has 0 spiro atoms. The number of pyridine rings is 1. The van der Waals surface area contributed by atoms with Crippen LogP contribution in [0, 0.1) is 0 Å². The number of aliphatic hydroxyl groups is 1. The van der Waals surface area contributed by atoms with Gasteiger partial charge in [-0.25, -0.2) is 0 Å². The van der Waals surface area contributed by atoms with Crippen LogP contribution in [0.15, 0.2) is 71.6 Å². The summed E-state index contributed by atoms with van der Waals surface area (Å²) in [5.41, 5.74) is 1.55. The lowest BCUT2D eigenvalue weighted by atomic mass is 9.95. The monoisotopic (exact) mass is 478 g/mol. The third-order valence-electron chi connectivity index (χ3n) is 5.44. The standard InChI is InChI=1S/C26H26N2O5S/c1-3-13-33-19-8-7-18(15-20(19)32-4-2)23-22(24(29)21-6-5-14-34-21)25(30)26(31)28(23)16-17-9-11-27-12-10-17/h5-12,14-15,23,30H,3-4,13,16H2,1-2H3. The SMILES string of the molecule is CCCOc1ccc(C2C(C(=O)c3cccs3)=C(O)C(=O)N2Cc2ccncc2)cc1OCC. The van der Waals surface area contributed by atoms with Crippen molar-refractivity contribution in [2.45, 2.75) is 32.9 Å². The largest absolute Gasteiger partial charge is 0.503 e. The maximum Gasteiger partial charge on any atom is 0.290 e. The normalized spacial score (nSPS) is 15.6. The zero-order valence-corrected chi connectivity index (χ0v) is 19.9. The van der Waals surface area contributed by atoms with E-state index in [-0.39, 0.29) is 17.9 Å². The molecule has 1 aliphatic rings. The van der Waals surface area contributed by atoms with Crippen LogP contribution in [-0.4, -0.2) is 39.9 Å². The highest BCUT2D eigenvalue weighted by Gasteiger charge is 2.44. The molecule has 0 saturated heterocycles. The lowest BCUT2D eigenvalue weighted by molar-refractivity contribution is -0.130. The Balaban J connectivity index is 1.80. The van der Waals surface area contributed by atoms with Crippen LogP contribution in [0.2, 0.25) is 0 Å². The van der Waals surface area contributed by atoms with Crippen molar-refractivity contribution >= 4 is 23.0 Å². The molecule has 4 rings (SSSR count). The van der Waals surface area contributed by atoms with Crippen molar-refractivity contribution in [1.29, 1.82) is 0 Å². The van der Waals surface area contributed by atoms with Gasteiger partial charge in [0.05, 0.1) is 29.7 Å². The quantitative estimate of drug-likeness (QED) is 0.408. The molecule has 7 nitrogen and oxygen atoms in total. The number of carbonyl (C=O) groups is 2. The summed E-state index contributed by atoms with van der Waals surface area (Å²) < 4.78 is 11.6. The summed E-state index contributed by atoms with van der Waals surface area (Å²) in [4.78, 5) is 32.6. The van der Waals surface area contributed by atoms with Gasteiger partial charge in [-0.15, -0.1) is 11.3 Å². The summed E-state index contributed by atoms with van der Waals surface area (Å²) in [6.07, 6.45) is 4.13. The van der Waals surface area contributed by atoms with Crippen LogP contribution < -0.4 is 9.47 Å². The molecule has 0 bridgehead atoms. The highest BCUT2D eigenvalue weighted by atomic mass is 32.1. The smallest absolute Gasteiger partial charge is 0.290 e. The molecule has 2 aromatic heterocycles. The Morgan fingerprint density at radius 1 is 1.12 bits per heavy atom. The number of aliphatic hydroxyl groups excluding tert-OH is 1. The molecule has 0 saturated carbocycles. The van der Waals surface area contributed by atoms with Crippen molar-refractivity contribution in [3.8, 4) is 11.5 Å². The predicted octanol–water partition coefficient (Wildman–Crippen LogP) is 5.11. The average molecular weight is 479 g/mol. The van der Waals surface area contributed by atoms with E-state index in [1.807, 2.05) is 19.9 Å². The van der Waals surface area contributed by atoms with Crippen LogP contribution in [0.4, 0.5) is 0 Å². The Labute approximate surface area is 202 Å². The van der Waals surface area contributed by atoms with Gasteiger partial charge < -0.3 is 19.5 Å². The van der Waals surface area contributed by atoms with Gasteiger partial charge in [-0.3, -0.25) is 14.6 Å². The minimum atomic E-state index is -0.783. The molecule has 8 heteroatoms. The Morgan fingerprint density at radius 3 is 2.59 bits per heavy atom. The van der Waals surface area contributed by atoms with Crippen LogP contribution in [-0.2, 0) is 11.3 Å². The summed E-state index contributed by atoms with van der Waals surface area (Å²) in [6, 6.07) is 11.7. The molecule has 0 radical (unpaired) electrons. The summed E-state index contributed by atoms with van der Waals surface area (Å²) in [5.74, 6) is -0.365. The second-order valence-electron chi connectivity index (χ2n) is 7.75. The second kappa shape index (κ2) is 10.5. The Kier molecular flexibility index (Phi) is 7.27. The fourth-order valence-corrected chi connectivity index (χ4v) is 4.59. The number of nitrogens with zero attached hydrogens (tertiary/aromatic N) is 2. The highest BCUT2D eigenvalue weighted by Crippen LogP contribution is 2.42. The molecule has 34 heavy (non-hydrogen) atoms. The number of carbonyl (C=O) groups excluding carboxylic acids is 2. The molecule has 1 aliphatic heterocycles. The maximum atomic E-state index is 13.4. The van der Waals surface area contributed by atoms with Crippen molar-refractivity contribution in [1.82, 2.24) is 9.88 Å². The van der Waals surface area contributed by atoms with Gasteiger partial charge in [-0.05, 0) is 60.2 Å². The summed E-state index contributed by atoms with van der Waals surface area (Å²) in [7, 11) is 0. The van der Waals surface area contributed by atoms with E-state index in [0.29, 0.717) is 35.2 Å². The molecule has 1 amide bonds. The van der Waals surface area contributed by atoms with Gasteiger partial charge in [-0.1, -0.05) is 19.1 Å². The second-order valence-corrected chi connectivity index (χ2v) is 8.70. The number of Topliss-reactive ketones (excluding diaryl/α,β-unsaturated/α-hetero) is 1. The number of benzene rings is 1.